The number of oxime groups is 1. The van der Waals surface area contributed by atoms with E-state index in [4.69, 9.17) is 4.53 Å². The molecule has 3 aromatic rings. The van der Waals surface area contributed by atoms with Crippen LogP contribution in [0.15, 0.2) is 96.2 Å². The summed E-state index contributed by atoms with van der Waals surface area (Å²) in [6.07, 6.45) is 0. The molecule has 0 radical (unpaired) electrons. The van der Waals surface area contributed by atoms with Gasteiger partial charge in [-0.05, 0) is 29.4 Å². The SMILES string of the molecule is CC(C)=NO[Si](c1ccccc1)(c1ccccc1)c1ccccc1. The fourth-order valence-corrected chi connectivity index (χ4v) is 6.46. The van der Waals surface area contributed by atoms with Crippen molar-refractivity contribution in [2.75, 3.05) is 0 Å². The second-order valence-electron chi connectivity index (χ2n) is 5.91. The summed E-state index contributed by atoms with van der Waals surface area (Å²) in [6.45, 7) is 3.92. The van der Waals surface area contributed by atoms with Crippen LogP contribution in [-0.4, -0.2) is 14.0 Å². The Morgan fingerprint density at radius 3 is 1.25 bits per heavy atom. The molecule has 3 rings (SSSR count). The molecule has 0 aliphatic heterocycles. The third-order valence-electron chi connectivity index (χ3n) is 3.91. The lowest BCUT2D eigenvalue weighted by Crippen LogP contribution is -2.68. The van der Waals surface area contributed by atoms with E-state index in [-0.39, 0.29) is 0 Å². The van der Waals surface area contributed by atoms with Crippen LogP contribution in [0.3, 0.4) is 0 Å². The van der Waals surface area contributed by atoms with Gasteiger partial charge in [0, 0.05) is 5.71 Å². The Bertz CT molecular complexity index is 700. The second kappa shape index (κ2) is 7.28. The lowest BCUT2D eigenvalue weighted by Gasteiger charge is -2.30. The van der Waals surface area contributed by atoms with Gasteiger partial charge in [0.25, 0.3) is 0 Å². The average Bonchev–Trinajstić information content (AvgIpc) is 2.65. The zero-order valence-corrected chi connectivity index (χ0v) is 15.0. The summed E-state index contributed by atoms with van der Waals surface area (Å²) in [5, 5.41) is 7.97. The van der Waals surface area contributed by atoms with E-state index in [0.29, 0.717) is 0 Å². The molecule has 0 unspecified atom stereocenters. The Balaban J connectivity index is 2.30. The Labute approximate surface area is 144 Å². The molecule has 0 aromatic heterocycles. The van der Waals surface area contributed by atoms with E-state index in [1.165, 1.54) is 15.6 Å². The van der Waals surface area contributed by atoms with Gasteiger partial charge in [-0.25, -0.2) is 0 Å². The van der Waals surface area contributed by atoms with Crippen molar-refractivity contribution in [3.05, 3.63) is 91.0 Å². The lowest BCUT2D eigenvalue weighted by molar-refractivity contribution is 0.348. The van der Waals surface area contributed by atoms with Crippen LogP contribution in [0.2, 0.25) is 0 Å². The van der Waals surface area contributed by atoms with E-state index < -0.39 is 8.32 Å². The molecule has 120 valence electrons. The molecule has 0 N–H and O–H groups in total. The van der Waals surface area contributed by atoms with Crippen molar-refractivity contribution in [3.63, 3.8) is 0 Å². The summed E-state index contributed by atoms with van der Waals surface area (Å²) in [5.74, 6) is 0. The fraction of sp³-hybridized carbons (Fsp3) is 0.0952. The Morgan fingerprint density at radius 1 is 0.625 bits per heavy atom. The number of hydrogen-bond donors (Lipinski definition) is 0. The van der Waals surface area contributed by atoms with Gasteiger partial charge >= 0.3 is 8.32 Å². The Kier molecular flexibility index (Phi) is 4.92. The molecular formula is C21H21NOSi. The van der Waals surface area contributed by atoms with E-state index in [2.05, 4.69) is 78.0 Å². The van der Waals surface area contributed by atoms with Crippen LogP contribution in [0.25, 0.3) is 0 Å². The van der Waals surface area contributed by atoms with Gasteiger partial charge in [-0.1, -0.05) is 91.0 Å². The molecule has 2 nitrogen and oxygen atoms in total. The molecule has 0 spiro atoms. The predicted octanol–water partition coefficient (Wildman–Crippen LogP) is 3.07. The number of rotatable bonds is 5. The van der Waals surface area contributed by atoms with Gasteiger partial charge in [0.05, 0.1) is 0 Å². The molecule has 3 heteroatoms. The Morgan fingerprint density at radius 2 is 0.958 bits per heavy atom. The molecule has 24 heavy (non-hydrogen) atoms. The van der Waals surface area contributed by atoms with Crippen LogP contribution in [0.1, 0.15) is 13.8 Å². The molecule has 0 aliphatic carbocycles. The smallest absolute Gasteiger partial charge is 0.380 e. The molecule has 0 aliphatic rings. The van der Waals surface area contributed by atoms with Crippen molar-refractivity contribution in [2.24, 2.45) is 5.16 Å². The minimum atomic E-state index is -2.67. The number of hydrogen-bond acceptors (Lipinski definition) is 2. The molecule has 0 saturated heterocycles. The van der Waals surface area contributed by atoms with Crippen molar-refractivity contribution < 1.29 is 4.53 Å². The summed E-state index contributed by atoms with van der Waals surface area (Å²) >= 11 is 0. The topological polar surface area (TPSA) is 21.6 Å². The third kappa shape index (κ3) is 3.17. The van der Waals surface area contributed by atoms with E-state index in [1.807, 2.05) is 32.0 Å². The van der Waals surface area contributed by atoms with Crippen LogP contribution in [0.5, 0.6) is 0 Å². The first kappa shape index (κ1) is 16.2. The van der Waals surface area contributed by atoms with Gasteiger partial charge < -0.3 is 4.53 Å². The zero-order chi connectivity index (χ0) is 16.8. The Hall–Kier alpha value is -2.65. The molecule has 0 bridgehead atoms. The van der Waals surface area contributed by atoms with Gasteiger partial charge in [-0.15, -0.1) is 5.16 Å². The first-order valence-corrected chi connectivity index (χ1v) is 10.0. The highest BCUT2D eigenvalue weighted by atomic mass is 28.4. The van der Waals surface area contributed by atoms with E-state index in [0.717, 1.165) is 5.71 Å². The van der Waals surface area contributed by atoms with Crippen molar-refractivity contribution in [1.82, 2.24) is 0 Å². The van der Waals surface area contributed by atoms with Crippen LogP contribution in [-0.2, 0) is 4.53 Å². The normalized spacial score (nSPS) is 10.9. The monoisotopic (exact) mass is 331 g/mol. The molecule has 0 atom stereocenters. The minimum Gasteiger partial charge on any atom is -0.438 e. The van der Waals surface area contributed by atoms with Crippen molar-refractivity contribution in [3.8, 4) is 0 Å². The molecule has 3 aromatic carbocycles. The van der Waals surface area contributed by atoms with Crippen LogP contribution in [0.4, 0.5) is 0 Å². The largest absolute Gasteiger partial charge is 0.438 e. The fourth-order valence-electron chi connectivity index (χ4n) is 2.84. The molecule has 0 fully saturated rings. The summed E-state index contributed by atoms with van der Waals surface area (Å²) < 4.78 is 6.38. The standard InChI is InChI=1S/C21H21NOSi/c1-18(2)22-23-24(19-12-6-3-7-13-19,20-14-8-4-9-15-20)21-16-10-5-11-17-21/h3-17H,1-2H3. The zero-order valence-electron chi connectivity index (χ0n) is 14.0. The average molecular weight is 331 g/mol. The summed E-state index contributed by atoms with van der Waals surface area (Å²) in [4.78, 5) is 0. The summed E-state index contributed by atoms with van der Waals surface area (Å²) in [6, 6.07) is 31.4. The van der Waals surface area contributed by atoms with Gasteiger partial charge in [-0.2, -0.15) is 0 Å². The van der Waals surface area contributed by atoms with Gasteiger partial charge in [0.15, 0.2) is 0 Å². The first-order chi connectivity index (χ1) is 11.7. The maximum Gasteiger partial charge on any atom is 0.380 e. The summed E-state index contributed by atoms with van der Waals surface area (Å²) in [7, 11) is -2.67. The molecule has 0 heterocycles. The first-order valence-electron chi connectivity index (χ1n) is 8.09. The van der Waals surface area contributed by atoms with E-state index in [9.17, 15) is 0 Å². The number of nitrogens with zero attached hydrogens (tertiary/aromatic N) is 1. The van der Waals surface area contributed by atoms with E-state index in [1.54, 1.807) is 0 Å². The van der Waals surface area contributed by atoms with Crippen molar-refractivity contribution >= 4 is 29.6 Å². The quantitative estimate of drug-likeness (QED) is 0.305. The minimum absolute atomic E-state index is 0.912. The predicted molar refractivity (Wildman–Crippen MR) is 104 cm³/mol. The maximum atomic E-state index is 6.38. The van der Waals surface area contributed by atoms with Gasteiger partial charge in [-0.3, -0.25) is 0 Å². The van der Waals surface area contributed by atoms with E-state index >= 15 is 0 Å². The van der Waals surface area contributed by atoms with Crippen LogP contribution in [0, 0.1) is 0 Å². The highest BCUT2D eigenvalue weighted by molar-refractivity contribution is 7.07. The lowest BCUT2D eigenvalue weighted by atomic mass is 10.3. The number of benzene rings is 3. The van der Waals surface area contributed by atoms with Crippen molar-refractivity contribution in [2.45, 2.75) is 13.8 Å². The molecule has 0 saturated carbocycles. The van der Waals surface area contributed by atoms with Gasteiger partial charge in [0.2, 0.25) is 0 Å². The highest BCUT2D eigenvalue weighted by Crippen LogP contribution is 2.10. The third-order valence-corrected chi connectivity index (χ3v) is 7.71. The van der Waals surface area contributed by atoms with Crippen molar-refractivity contribution in [1.29, 1.82) is 0 Å². The maximum absolute atomic E-state index is 6.38. The molecule has 0 amide bonds. The van der Waals surface area contributed by atoms with Crippen LogP contribution < -0.4 is 15.6 Å². The molecular weight excluding hydrogens is 310 g/mol. The highest BCUT2D eigenvalue weighted by Gasteiger charge is 2.44. The summed E-state index contributed by atoms with van der Waals surface area (Å²) in [5.41, 5.74) is 0.912. The second-order valence-corrected chi connectivity index (χ2v) is 9.19. The van der Waals surface area contributed by atoms with Gasteiger partial charge in [0.1, 0.15) is 0 Å². The van der Waals surface area contributed by atoms with Crippen LogP contribution >= 0.6 is 0 Å².